The molecule has 214 valence electrons. The molecule has 3 rings (SSSR count). The summed E-state index contributed by atoms with van der Waals surface area (Å²) in [6.45, 7) is 5.38. The van der Waals surface area contributed by atoms with Crippen LogP contribution in [0.25, 0.3) is 0 Å². The lowest BCUT2D eigenvalue weighted by Gasteiger charge is -2.33. The molecule has 1 N–H and O–H groups in total. The normalized spacial score (nSPS) is 11.9. The third kappa shape index (κ3) is 7.38. The number of ether oxygens (including phenoxy) is 1. The van der Waals surface area contributed by atoms with Crippen LogP contribution in [0.3, 0.4) is 0 Å². The van der Waals surface area contributed by atoms with Gasteiger partial charge in [0, 0.05) is 13.1 Å². The van der Waals surface area contributed by atoms with Crippen molar-refractivity contribution in [3.8, 4) is 5.75 Å². The number of halogens is 1. The summed E-state index contributed by atoms with van der Waals surface area (Å²) in [4.78, 5) is 28.5. The number of methoxy groups -OCH3 is 1. The van der Waals surface area contributed by atoms with Crippen molar-refractivity contribution in [3.63, 3.8) is 0 Å². The molecule has 10 heteroatoms. The van der Waals surface area contributed by atoms with Crippen molar-refractivity contribution in [1.29, 1.82) is 0 Å². The van der Waals surface area contributed by atoms with Crippen molar-refractivity contribution in [2.45, 2.75) is 51.1 Å². The molecule has 0 aromatic heterocycles. The first-order chi connectivity index (χ1) is 19.1. The predicted octanol–water partition coefficient (Wildman–Crippen LogP) is 4.67. The van der Waals surface area contributed by atoms with Crippen molar-refractivity contribution in [3.05, 3.63) is 89.7 Å². The van der Waals surface area contributed by atoms with Gasteiger partial charge in [0.15, 0.2) is 0 Å². The number of aryl methyl sites for hydroxylation is 1. The first kappa shape index (κ1) is 30.6. The number of hydrogen-bond acceptors (Lipinski definition) is 5. The maximum Gasteiger partial charge on any atom is 0.264 e. The van der Waals surface area contributed by atoms with E-state index in [4.69, 9.17) is 4.74 Å². The van der Waals surface area contributed by atoms with E-state index in [1.807, 2.05) is 13.8 Å². The summed E-state index contributed by atoms with van der Waals surface area (Å²) >= 11 is 0. The largest absolute Gasteiger partial charge is 0.495 e. The number of nitrogens with zero attached hydrogens (tertiary/aromatic N) is 2. The van der Waals surface area contributed by atoms with E-state index in [-0.39, 0.29) is 28.8 Å². The van der Waals surface area contributed by atoms with Gasteiger partial charge in [-0.2, -0.15) is 0 Å². The third-order valence-electron chi connectivity index (χ3n) is 6.44. The van der Waals surface area contributed by atoms with E-state index in [1.165, 1.54) is 48.4 Å². The minimum Gasteiger partial charge on any atom is -0.495 e. The number of nitrogens with one attached hydrogen (secondary N) is 1. The van der Waals surface area contributed by atoms with Crippen molar-refractivity contribution >= 4 is 27.5 Å². The van der Waals surface area contributed by atoms with E-state index in [9.17, 15) is 22.4 Å². The lowest BCUT2D eigenvalue weighted by molar-refractivity contribution is -0.140. The molecule has 0 aliphatic carbocycles. The average Bonchev–Trinajstić information content (AvgIpc) is 2.95. The number of carbonyl (C=O) groups excluding carboxylic acids is 2. The molecule has 2 amide bonds. The van der Waals surface area contributed by atoms with Gasteiger partial charge in [-0.1, -0.05) is 55.8 Å². The van der Waals surface area contributed by atoms with E-state index in [1.54, 1.807) is 43.3 Å². The van der Waals surface area contributed by atoms with Crippen molar-refractivity contribution in [2.75, 3.05) is 24.5 Å². The number of benzene rings is 3. The highest BCUT2D eigenvalue weighted by atomic mass is 32.2. The number of amides is 2. The summed E-state index contributed by atoms with van der Waals surface area (Å²) in [6, 6.07) is 17.6. The van der Waals surface area contributed by atoms with Crippen molar-refractivity contribution < 1.29 is 27.1 Å². The Hall–Kier alpha value is -3.92. The molecular formula is C30H36FN3O5S. The number of sulfonamides is 1. The average molecular weight is 570 g/mol. The summed E-state index contributed by atoms with van der Waals surface area (Å²) in [5.74, 6) is -1.10. The monoisotopic (exact) mass is 569 g/mol. The predicted molar refractivity (Wildman–Crippen MR) is 153 cm³/mol. The van der Waals surface area contributed by atoms with E-state index in [2.05, 4.69) is 5.32 Å². The van der Waals surface area contributed by atoms with Crippen LogP contribution in [0.5, 0.6) is 5.75 Å². The molecule has 1 atom stereocenters. The quantitative estimate of drug-likeness (QED) is 0.323. The second-order valence-electron chi connectivity index (χ2n) is 9.36. The molecule has 3 aromatic rings. The highest BCUT2D eigenvalue weighted by molar-refractivity contribution is 7.92. The zero-order chi connectivity index (χ0) is 29.3. The van der Waals surface area contributed by atoms with Crippen LogP contribution in [0.2, 0.25) is 0 Å². The highest BCUT2D eigenvalue weighted by Gasteiger charge is 2.34. The molecule has 0 saturated heterocycles. The molecule has 0 saturated carbocycles. The van der Waals surface area contributed by atoms with Crippen LogP contribution in [0, 0.1) is 12.7 Å². The van der Waals surface area contributed by atoms with Gasteiger partial charge in [0.05, 0.1) is 17.7 Å². The fraction of sp³-hybridized carbons (Fsp3) is 0.333. The standard InChI is InChI=1S/C30H36FN3O5S/c1-5-19-32-30(36)26(6-2)33(20-23-13-15-24(31)16-14-23)29(35)21-34(27-9-7-8-10-28(27)39-4)40(37,38)25-17-11-22(3)12-18-25/h7-18,26H,5-6,19-21H2,1-4H3,(H,32,36)/t26-/m0/s1. The summed E-state index contributed by atoms with van der Waals surface area (Å²) in [5, 5.41) is 2.83. The summed E-state index contributed by atoms with van der Waals surface area (Å²) in [7, 11) is -2.80. The van der Waals surface area contributed by atoms with Gasteiger partial charge in [-0.15, -0.1) is 0 Å². The first-order valence-electron chi connectivity index (χ1n) is 13.2. The van der Waals surface area contributed by atoms with Crippen LogP contribution in [-0.4, -0.2) is 51.4 Å². The third-order valence-corrected chi connectivity index (χ3v) is 8.22. The number of carbonyl (C=O) groups is 2. The van der Waals surface area contributed by atoms with Crippen molar-refractivity contribution in [1.82, 2.24) is 10.2 Å². The van der Waals surface area contributed by atoms with Crippen molar-refractivity contribution in [2.24, 2.45) is 0 Å². The van der Waals surface area contributed by atoms with Crippen LogP contribution < -0.4 is 14.4 Å². The Balaban J connectivity index is 2.08. The van der Waals surface area contributed by atoms with Gasteiger partial charge in [-0.3, -0.25) is 13.9 Å². The molecule has 0 fully saturated rings. The Morgan fingerprint density at radius 1 is 0.975 bits per heavy atom. The van der Waals surface area contributed by atoms with E-state index in [0.29, 0.717) is 24.9 Å². The summed E-state index contributed by atoms with van der Waals surface area (Å²) in [5.41, 5.74) is 1.67. The zero-order valence-corrected chi connectivity index (χ0v) is 24.1. The fourth-order valence-electron chi connectivity index (χ4n) is 4.26. The molecule has 0 spiro atoms. The number of para-hydroxylation sites is 2. The van der Waals surface area contributed by atoms with Crippen LogP contribution in [0.1, 0.15) is 37.8 Å². The highest BCUT2D eigenvalue weighted by Crippen LogP contribution is 2.32. The first-order valence-corrected chi connectivity index (χ1v) is 14.6. The van der Waals surface area contributed by atoms with Gasteiger partial charge in [-0.25, -0.2) is 12.8 Å². The van der Waals surface area contributed by atoms with Crippen LogP contribution >= 0.6 is 0 Å². The molecule has 0 aliphatic heterocycles. The van der Waals surface area contributed by atoms with Gasteiger partial charge in [0.1, 0.15) is 24.2 Å². The van der Waals surface area contributed by atoms with E-state index >= 15 is 0 Å². The Morgan fingerprint density at radius 3 is 2.23 bits per heavy atom. The molecule has 3 aromatic carbocycles. The molecule has 0 aliphatic rings. The maximum atomic E-state index is 14.0. The van der Waals surface area contributed by atoms with Gasteiger partial charge in [-0.05, 0) is 61.7 Å². The Bertz CT molecular complexity index is 1400. The second-order valence-corrected chi connectivity index (χ2v) is 11.2. The van der Waals surface area contributed by atoms with Crippen LogP contribution in [0.4, 0.5) is 10.1 Å². The van der Waals surface area contributed by atoms with Gasteiger partial charge in [0.2, 0.25) is 11.8 Å². The molecule has 8 nitrogen and oxygen atoms in total. The minimum atomic E-state index is -4.22. The second kappa shape index (κ2) is 13.9. The Morgan fingerprint density at radius 2 is 1.62 bits per heavy atom. The fourth-order valence-corrected chi connectivity index (χ4v) is 5.68. The molecule has 0 radical (unpaired) electrons. The van der Waals surface area contributed by atoms with Gasteiger partial charge < -0.3 is 15.0 Å². The lowest BCUT2D eigenvalue weighted by Crippen LogP contribution is -2.52. The molecular weight excluding hydrogens is 533 g/mol. The minimum absolute atomic E-state index is 0.00891. The SMILES string of the molecule is CCCNC(=O)[C@H](CC)N(Cc1ccc(F)cc1)C(=O)CN(c1ccccc1OC)S(=O)(=O)c1ccc(C)cc1. The van der Waals surface area contributed by atoms with Gasteiger partial charge in [0.25, 0.3) is 10.0 Å². The molecule has 40 heavy (non-hydrogen) atoms. The molecule has 0 heterocycles. The smallest absolute Gasteiger partial charge is 0.264 e. The summed E-state index contributed by atoms with van der Waals surface area (Å²) in [6.07, 6.45) is 1.01. The Kier molecular flexibility index (Phi) is 10.7. The molecule has 0 unspecified atom stereocenters. The van der Waals surface area contributed by atoms with Crippen LogP contribution in [-0.2, 0) is 26.2 Å². The maximum absolute atomic E-state index is 14.0. The van der Waals surface area contributed by atoms with E-state index in [0.717, 1.165) is 9.87 Å². The van der Waals surface area contributed by atoms with Crippen LogP contribution in [0.15, 0.2) is 77.7 Å². The number of hydrogen-bond donors (Lipinski definition) is 1. The number of anilines is 1. The molecule has 0 bridgehead atoms. The van der Waals surface area contributed by atoms with Gasteiger partial charge >= 0.3 is 0 Å². The summed E-state index contributed by atoms with van der Waals surface area (Å²) < 4.78 is 48.0. The Labute approximate surface area is 235 Å². The van der Waals surface area contributed by atoms with E-state index < -0.39 is 34.3 Å². The lowest BCUT2D eigenvalue weighted by atomic mass is 10.1. The topological polar surface area (TPSA) is 96.0 Å². The number of rotatable bonds is 13. The zero-order valence-electron chi connectivity index (χ0n) is 23.3.